The number of aromatic nitrogens is 1. The highest BCUT2D eigenvalue weighted by molar-refractivity contribution is 6.41. The van der Waals surface area contributed by atoms with E-state index in [4.69, 9.17) is 23.2 Å². The van der Waals surface area contributed by atoms with E-state index in [-0.39, 0.29) is 33.0 Å². The van der Waals surface area contributed by atoms with Crippen LogP contribution in [0.4, 0.5) is 11.4 Å². The lowest BCUT2D eigenvalue weighted by atomic mass is 10.2. The molecule has 0 aliphatic carbocycles. The number of hydrogen-bond donors (Lipinski definition) is 3. The highest BCUT2D eigenvalue weighted by Crippen LogP contribution is 2.29. The van der Waals surface area contributed by atoms with Crippen LogP contribution in [-0.4, -0.2) is 20.9 Å². The van der Waals surface area contributed by atoms with Crippen LogP contribution in [0.5, 0.6) is 5.75 Å². The van der Waals surface area contributed by atoms with Crippen molar-refractivity contribution in [2.45, 2.75) is 0 Å². The fourth-order valence-electron chi connectivity index (χ4n) is 1.45. The largest absolute Gasteiger partial charge is 0.506 e. The molecule has 1 amide bonds. The Balaban J connectivity index is 2.27. The van der Waals surface area contributed by atoms with Crippen molar-refractivity contribution in [1.29, 1.82) is 0 Å². The van der Waals surface area contributed by atoms with Gasteiger partial charge in [0.2, 0.25) is 0 Å². The van der Waals surface area contributed by atoms with E-state index in [9.17, 15) is 20.0 Å². The van der Waals surface area contributed by atoms with Gasteiger partial charge in [-0.2, -0.15) is 0 Å². The van der Waals surface area contributed by atoms with Gasteiger partial charge in [0.1, 0.15) is 16.6 Å². The zero-order valence-electron chi connectivity index (χ0n) is 9.68. The molecule has 1 aromatic heterocycles. The number of amides is 1. The predicted molar refractivity (Wildman–Crippen MR) is 73.5 cm³/mol. The summed E-state index contributed by atoms with van der Waals surface area (Å²) in [5.41, 5.74) is -0.294. The lowest BCUT2D eigenvalue weighted by Gasteiger charge is -2.05. The first-order chi connectivity index (χ1) is 9.38. The third kappa shape index (κ3) is 2.84. The van der Waals surface area contributed by atoms with Crippen molar-refractivity contribution in [2.24, 2.45) is 0 Å². The van der Waals surface area contributed by atoms with E-state index in [0.29, 0.717) is 0 Å². The van der Waals surface area contributed by atoms with Crippen molar-refractivity contribution < 1.29 is 14.8 Å². The van der Waals surface area contributed by atoms with Gasteiger partial charge in [-0.05, 0) is 12.1 Å². The number of hydrogen-bond acceptors (Lipinski definition) is 4. The molecule has 0 atom stereocenters. The minimum Gasteiger partial charge on any atom is -0.506 e. The van der Waals surface area contributed by atoms with E-state index >= 15 is 0 Å². The van der Waals surface area contributed by atoms with Crippen LogP contribution in [0.3, 0.4) is 0 Å². The Morgan fingerprint density at radius 1 is 1.35 bits per heavy atom. The molecule has 7 nitrogen and oxygen atoms in total. The van der Waals surface area contributed by atoms with Gasteiger partial charge in [0.15, 0.2) is 0 Å². The molecule has 3 N–H and O–H groups in total. The number of aromatic hydroxyl groups is 1. The molecule has 1 aromatic carbocycles. The maximum Gasteiger partial charge on any atom is 0.272 e. The second-order valence-corrected chi connectivity index (χ2v) is 4.54. The van der Waals surface area contributed by atoms with Crippen molar-refractivity contribution >= 4 is 40.5 Å². The van der Waals surface area contributed by atoms with Gasteiger partial charge in [-0.15, -0.1) is 0 Å². The first-order valence-electron chi connectivity index (χ1n) is 5.21. The van der Waals surface area contributed by atoms with Gasteiger partial charge in [0.25, 0.3) is 11.6 Å². The van der Waals surface area contributed by atoms with E-state index in [1.165, 1.54) is 6.07 Å². The molecule has 0 spiro atoms. The molecular formula is C11H7Cl2N3O4. The van der Waals surface area contributed by atoms with Crippen molar-refractivity contribution in [2.75, 3.05) is 5.32 Å². The molecule has 0 saturated carbocycles. The molecule has 20 heavy (non-hydrogen) atoms. The number of aromatic amines is 1. The summed E-state index contributed by atoms with van der Waals surface area (Å²) in [4.78, 5) is 24.4. The monoisotopic (exact) mass is 315 g/mol. The van der Waals surface area contributed by atoms with Gasteiger partial charge in [0, 0.05) is 12.1 Å². The zero-order valence-corrected chi connectivity index (χ0v) is 11.2. The fourth-order valence-corrected chi connectivity index (χ4v) is 1.77. The average molecular weight is 316 g/mol. The normalized spacial score (nSPS) is 10.3. The summed E-state index contributed by atoms with van der Waals surface area (Å²) in [6, 6.07) is 4.57. The van der Waals surface area contributed by atoms with Gasteiger partial charge in [-0.3, -0.25) is 14.9 Å². The molecule has 0 bridgehead atoms. The van der Waals surface area contributed by atoms with Crippen LogP contribution < -0.4 is 5.32 Å². The topological polar surface area (TPSA) is 108 Å². The van der Waals surface area contributed by atoms with Crippen LogP contribution >= 0.6 is 23.2 Å². The van der Waals surface area contributed by atoms with Crippen LogP contribution in [0.15, 0.2) is 24.3 Å². The molecule has 1 heterocycles. The van der Waals surface area contributed by atoms with Gasteiger partial charge in [-0.25, -0.2) is 0 Å². The first kappa shape index (κ1) is 14.2. The summed E-state index contributed by atoms with van der Waals surface area (Å²) in [6.45, 7) is 0. The summed E-state index contributed by atoms with van der Waals surface area (Å²) in [6.07, 6.45) is 0. The van der Waals surface area contributed by atoms with Gasteiger partial charge in [0.05, 0.1) is 15.6 Å². The summed E-state index contributed by atoms with van der Waals surface area (Å²) >= 11 is 11.4. The van der Waals surface area contributed by atoms with Gasteiger partial charge >= 0.3 is 0 Å². The lowest BCUT2D eigenvalue weighted by Crippen LogP contribution is -2.12. The Bertz CT molecular complexity index is 679. The maximum atomic E-state index is 11.9. The molecule has 2 aromatic rings. The molecule has 0 aliphatic rings. The van der Waals surface area contributed by atoms with Gasteiger partial charge < -0.3 is 15.4 Å². The maximum absolute atomic E-state index is 11.9. The van der Waals surface area contributed by atoms with Crippen molar-refractivity contribution in [3.8, 4) is 5.75 Å². The number of rotatable bonds is 3. The number of nitro groups is 1. The van der Waals surface area contributed by atoms with Crippen LogP contribution in [0, 0.1) is 10.1 Å². The molecule has 0 radical (unpaired) electrons. The Labute approximate surface area is 122 Å². The highest BCUT2D eigenvalue weighted by atomic mass is 35.5. The number of nitrogens with one attached hydrogen (secondary N) is 2. The van der Waals surface area contributed by atoms with Crippen molar-refractivity contribution in [3.63, 3.8) is 0 Å². The van der Waals surface area contributed by atoms with Gasteiger partial charge in [-0.1, -0.05) is 23.2 Å². The summed E-state index contributed by atoms with van der Waals surface area (Å²) in [5, 5.41) is 22.8. The summed E-state index contributed by atoms with van der Waals surface area (Å²) in [7, 11) is 0. The Hall–Kier alpha value is -2.25. The molecule has 2 rings (SSSR count). The number of nitrogens with zero attached hydrogens (tertiary/aromatic N) is 1. The number of halogens is 2. The van der Waals surface area contributed by atoms with Crippen molar-refractivity contribution in [1.82, 2.24) is 4.98 Å². The zero-order chi connectivity index (χ0) is 14.9. The van der Waals surface area contributed by atoms with E-state index in [1.54, 1.807) is 0 Å². The highest BCUT2D eigenvalue weighted by Gasteiger charge is 2.16. The number of phenols is 1. The minimum absolute atomic E-state index is 0.0610. The SMILES string of the molecule is O=C(Nc1cc([N+](=O)[O-])ccc1O)c1cc(Cl)c(Cl)[nH]1. The Morgan fingerprint density at radius 3 is 2.60 bits per heavy atom. The van der Waals surface area contributed by atoms with Crippen LogP contribution in [0.2, 0.25) is 10.2 Å². The number of non-ortho nitro benzene ring substituents is 1. The van der Waals surface area contributed by atoms with Crippen molar-refractivity contribution in [3.05, 3.63) is 50.2 Å². The molecule has 0 aliphatic heterocycles. The second kappa shape index (κ2) is 5.40. The van der Waals surface area contributed by atoms with Crippen LogP contribution in [0.1, 0.15) is 10.5 Å². The Kier molecular flexibility index (Phi) is 3.82. The molecular weight excluding hydrogens is 309 g/mol. The van der Waals surface area contributed by atoms with E-state index in [1.807, 2.05) is 0 Å². The standard InChI is InChI=1S/C11H7Cl2N3O4/c12-6-4-8(14-10(6)13)11(18)15-7-3-5(16(19)20)1-2-9(7)17/h1-4,14,17H,(H,15,18). The Morgan fingerprint density at radius 2 is 2.05 bits per heavy atom. The molecule has 104 valence electrons. The van der Waals surface area contributed by atoms with Crippen LogP contribution in [0.25, 0.3) is 0 Å². The number of phenolic OH excluding ortho intramolecular Hbond substituents is 1. The van der Waals surface area contributed by atoms with E-state index in [0.717, 1.165) is 18.2 Å². The smallest absolute Gasteiger partial charge is 0.272 e. The first-order valence-corrected chi connectivity index (χ1v) is 5.97. The van der Waals surface area contributed by atoms with E-state index in [2.05, 4.69) is 10.3 Å². The second-order valence-electron chi connectivity index (χ2n) is 3.76. The third-order valence-electron chi connectivity index (χ3n) is 2.41. The number of carbonyl (C=O) groups is 1. The average Bonchev–Trinajstić information content (AvgIpc) is 2.72. The summed E-state index contributed by atoms with van der Waals surface area (Å²) in [5.74, 6) is -0.942. The third-order valence-corrected chi connectivity index (χ3v) is 3.10. The molecule has 9 heteroatoms. The fraction of sp³-hybridized carbons (Fsp3) is 0. The lowest BCUT2D eigenvalue weighted by molar-refractivity contribution is -0.384. The molecule has 0 unspecified atom stereocenters. The van der Waals surface area contributed by atoms with Crippen LogP contribution in [-0.2, 0) is 0 Å². The predicted octanol–water partition coefficient (Wildman–Crippen LogP) is 3.19. The molecule has 0 saturated heterocycles. The number of carbonyl (C=O) groups excluding carboxylic acids is 1. The van der Waals surface area contributed by atoms with E-state index < -0.39 is 10.8 Å². The number of nitro benzene ring substituents is 1. The number of H-pyrrole nitrogens is 1. The molecule has 0 fully saturated rings. The number of benzene rings is 1. The number of anilines is 1. The minimum atomic E-state index is -0.644. The quantitative estimate of drug-likeness (QED) is 0.459. The summed E-state index contributed by atoms with van der Waals surface area (Å²) < 4.78 is 0.